The second-order valence-electron chi connectivity index (χ2n) is 6.85. The molecule has 0 aliphatic carbocycles. The van der Waals surface area contributed by atoms with Crippen LogP contribution in [0.3, 0.4) is 0 Å². The van der Waals surface area contributed by atoms with Gasteiger partial charge in [-0.15, -0.1) is 7.92 Å². The Morgan fingerprint density at radius 2 is 1.09 bits per heavy atom. The first-order valence-electron chi connectivity index (χ1n) is 8.10. The quantitative estimate of drug-likeness (QED) is 0.627. The van der Waals surface area contributed by atoms with Crippen LogP contribution in [0.4, 0.5) is 0 Å². The van der Waals surface area contributed by atoms with Crippen LogP contribution < -0.4 is 0 Å². The van der Waals surface area contributed by atoms with Crippen LogP contribution in [-0.4, -0.2) is 58.7 Å². The van der Waals surface area contributed by atoms with Crippen LogP contribution in [-0.2, 0) is 18.1 Å². The van der Waals surface area contributed by atoms with Crippen LogP contribution in [0.15, 0.2) is 0 Å². The molecule has 0 bridgehead atoms. The maximum Gasteiger partial charge on any atom is 0.167 e. The van der Waals surface area contributed by atoms with Gasteiger partial charge < -0.3 is 18.1 Å². The summed E-state index contributed by atoms with van der Waals surface area (Å²) in [5.41, 5.74) is 0.440. The van der Waals surface area contributed by atoms with E-state index in [1.807, 2.05) is 0 Å². The van der Waals surface area contributed by atoms with Gasteiger partial charge in [0, 0.05) is 24.2 Å². The van der Waals surface area contributed by atoms with Crippen molar-refractivity contribution in [3.63, 3.8) is 0 Å². The molecule has 0 aromatic heterocycles. The zero-order valence-corrected chi connectivity index (χ0v) is 17.3. The van der Waals surface area contributed by atoms with Gasteiger partial charge in [-0.2, -0.15) is 0 Å². The second kappa shape index (κ2) is 8.48. The molecule has 0 saturated carbocycles. The standard InChI is InChI=1S/C15H31O4P3/c1-6-14(8-16-21(4)17-9-14)12-20(3)13-15(7-2)10-18-22(5)19-11-15/h6-13H2,1-5H3. The van der Waals surface area contributed by atoms with Crippen molar-refractivity contribution in [3.8, 4) is 0 Å². The fourth-order valence-electron chi connectivity index (χ4n) is 3.08. The molecule has 2 rings (SSSR count). The van der Waals surface area contributed by atoms with Crippen LogP contribution >= 0.6 is 24.7 Å². The first-order valence-corrected chi connectivity index (χ1v) is 13.5. The first kappa shape index (κ1) is 19.5. The predicted octanol–water partition coefficient (Wildman–Crippen LogP) is 4.87. The van der Waals surface area contributed by atoms with E-state index in [0.717, 1.165) is 39.3 Å². The van der Waals surface area contributed by atoms with Gasteiger partial charge in [0.15, 0.2) is 16.8 Å². The molecule has 0 spiro atoms. The van der Waals surface area contributed by atoms with Crippen molar-refractivity contribution in [1.82, 2.24) is 0 Å². The molecule has 0 unspecified atom stereocenters. The van der Waals surface area contributed by atoms with Gasteiger partial charge >= 0.3 is 0 Å². The van der Waals surface area contributed by atoms with Crippen LogP contribution in [0.2, 0.25) is 0 Å². The molecular weight excluding hydrogens is 337 g/mol. The Morgan fingerprint density at radius 3 is 1.36 bits per heavy atom. The Kier molecular flexibility index (Phi) is 7.50. The maximum atomic E-state index is 5.85. The molecule has 2 heterocycles. The lowest BCUT2D eigenvalue weighted by molar-refractivity contribution is 0.0451. The molecule has 0 atom stereocenters. The Morgan fingerprint density at radius 1 is 0.773 bits per heavy atom. The fraction of sp³-hybridized carbons (Fsp3) is 1.00. The van der Waals surface area contributed by atoms with Crippen molar-refractivity contribution < 1.29 is 18.1 Å². The monoisotopic (exact) mass is 368 g/mol. The first-order chi connectivity index (χ1) is 10.4. The largest absolute Gasteiger partial charge is 0.334 e. The molecule has 7 heteroatoms. The average molecular weight is 368 g/mol. The lowest BCUT2D eigenvalue weighted by atomic mass is 9.89. The number of rotatable bonds is 6. The van der Waals surface area contributed by atoms with Gasteiger partial charge in [0.25, 0.3) is 0 Å². The molecule has 4 nitrogen and oxygen atoms in total. The van der Waals surface area contributed by atoms with Gasteiger partial charge in [0.05, 0.1) is 26.4 Å². The Balaban J connectivity index is 1.91. The van der Waals surface area contributed by atoms with E-state index in [-0.39, 0.29) is 18.8 Å². The van der Waals surface area contributed by atoms with Gasteiger partial charge in [-0.25, -0.2) is 0 Å². The van der Waals surface area contributed by atoms with E-state index < -0.39 is 16.8 Å². The van der Waals surface area contributed by atoms with E-state index in [0.29, 0.717) is 0 Å². The van der Waals surface area contributed by atoms with Crippen molar-refractivity contribution in [1.29, 1.82) is 0 Å². The van der Waals surface area contributed by atoms with Crippen molar-refractivity contribution in [2.45, 2.75) is 26.7 Å². The summed E-state index contributed by atoms with van der Waals surface area (Å²) < 4.78 is 23.4. The maximum absolute atomic E-state index is 5.85. The smallest absolute Gasteiger partial charge is 0.167 e. The Labute approximate surface area is 139 Å². The summed E-state index contributed by atoms with van der Waals surface area (Å²) in [6.45, 7) is 14.5. The van der Waals surface area contributed by atoms with E-state index in [4.69, 9.17) is 18.1 Å². The molecule has 2 saturated heterocycles. The normalized spacial score (nSPS) is 41.3. The summed E-state index contributed by atoms with van der Waals surface area (Å²) >= 11 is 0. The summed E-state index contributed by atoms with van der Waals surface area (Å²) in [4.78, 5) is 0. The third-order valence-corrected chi connectivity index (χ3v) is 9.31. The summed E-state index contributed by atoms with van der Waals surface area (Å²) in [5, 5.41) is 0. The van der Waals surface area contributed by atoms with Gasteiger partial charge in [-0.1, -0.05) is 13.8 Å². The molecule has 0 radical (unpaired) electrons. The molecule has 2 aliphatic heterocycles. The summed E-state index contributed by atoms with van der Waals surface area (Å²) in [6.07, 6.45) is 4.72. The summed E-state index contributed by atoms with van der Waals surface area (Å²) in [6, 6.07) is 0. The molecule has 2 fully saturated rings. The van der Waals surface area contributed by atoms with Gasteiger partial charge in [0.2, 0.25) is 0 Å². The SMILES string of the molecule is CCC1(CP(C)CC2(CC)COP(C)OC2)COP(C)OC1. The van der Waals surface area contributed by atoms with Gasteiger partial charge in [-0.3, -0.25) is 0 Å². The van der Waals surface area contributed by atoms with Crippen molar-refractivity contribution in [2.24, 2.45) is 10.8 Å². The van der Waals surface area contributed by atoms with Crippen LogP contribution in [0.1, 0.15) is 26.7 Å². The van der Waals surface area contributed by atoms with E-state index in [9.17, 15) is 0 Å². The van der Waals surface area contributed by atoms with E-state index >= 15 is 0 Å². The fourth-order valence-corrected chi connectivity index (χ4v) is 8.27. The molecule has 2 aliphatic rings. The summed E-state index contributed by atoms with van der Waals surface area (Å²) in [7, 11) is -1.36. The highest BCUT2D eigenvalue weighted by molar-refractivity contribution is 7.57. The van der Waals surface area contributed by atoms with Crippen molar-refractivity contribution >= 4 is 24.7 Å². The highest BCUT2D eigenvalue weighted by Gasteiger charge is 2.40. The third kappa shape index (κ3) is 5.06. The molecule has 0 amide bonds. The molecule has 0 aromatic rings. The van der Waals surface area contributed by atoms with Gasteiger partial charge in [0.1, 0.15) is 0 Å². The third-order valence-electron chi connectivity index (χ3n) is 4.92. The van der Waals surface area contributed by atoms with Crippen molar-refractivity contribution in [3.05, 3.63) is 0 Å². The zero-order chi connectivity index (χ0) is 16.2. The van der Waals surface area contributed by atoms with Crippen molar-refractivity contribution in [2.75, 3.05) is 58.7 Å². The van der Waals surface area contributed by atoms with E-state index in [1.165, 1.54) is 12.3 Å². The molecule has 130 valence electrons. The highest BCUT2D eigenvalue weighted by Crippen LogP contribution is 2.53. The van der Waals surface area contributed by atoms with Crippen LogP contribution in [0, 0.1) is 10.8 Å². The molecule has 0 N–H and O–H groups in total. The lowest BCUT2D eigenvalue weighted by Gasteiger charge is -2.43. The number of hydrogen-bond donors (Lipinski definition) is 0. The minimum atomic E-state index is -0.646. The molecule has 22 heavy (non-hydrogen) atoms. The summed E-state index contributed by atoms with van der Waals surface area (Å²) in [5.74, 6) is 0. The zero-order valence-electron chi connectivity index (χ0n) is 14.6. The lowest BCUT2D eigenvalue weighted by Crippen LogP contribution is -2.40. The predicted molar refractivity (Wildman–Crippen MR) is 97.5 cm³/mol. The Hall–Kier alpha value is 1.13. The molecular formula is C15H31O4P3. The average Bonchev–Trinajstić information content (AvgIpc) is 2.52. The van der Waals surface area contributed by atoms with E-state index in [1.54, 1.807) is 0 Å². The van der Waals surface area contributed by atoms with E-state index in [2.05, 4.69) is 33.8 Å². The van der Waals surface area contributed by atoms with Crippen LogP contribution in [0.5, 0.6) is 0 Å². The Bertz CT molecular complexity index is 308. The highest BCUT2D eigenvalue weighted by atomic mass is 31.2. The minimum Gasteiger partial charge on any atom is -0.334 e. The van der Waals surface area contributed by atoms with Gasteiger partial charge in [-0.05, 0) is 31.8 Å². The number of hydrogen-bond acceptors (Lipinski definition) is 4. The minimum absolute atomic E-state index is 0.0692. The molecule has 0 aromatic carbocycles. The topological polar surface area (TPSA) is 36.9 Å². The second-order valence-corrected chi connectivity index (χ2v) is 12.0. The van der Waals surface area contributed by atoms with Crippen LogP contribution in [0.25, 0.3) is 0 Å².